The molecule has 2 rings (SSSR count). The Hall–Kier alpha value is -0.860. The van der Waals surface area contributed by atoms with Gasteiger partial charge in [-0.25, -0.2) is 0 Å². The average Bonchev–Trinajstić information content (AvgIpc) is 2.36. The van der Waals surface area contributed by atoms with Crippen molar-refractivity contribution in [2.24, 2.45) is 0 Å². The van der Waals surface area contributed by atoms with Crippen LogP contribution >= 0.6 is 0 Å². The van der Waals surface area contributed by atoms with Crippen molar-refractivity contribution in [3.63, 3.8) is 0 Å². The molecule has 3 unspecified atom stereocenters. The number of rotatable bonds is 3. The van der Waals surface area contributed by atoms with E-state index in [0.29, 0.717) is 18.1 Å². The highest BCUT2D eigenvalue weighted by molar-refractivity contribution is 5.32. The average molecular weight is 260 g/mol. The maximum Gasteiger partial charge on any atom is 0.0297 e. The summed E-state index contributed by atoms with van der Waals surface area (Å²) < 4.78 is 0. The molecule has 1 heterocycles. The highest BCUT2D eigenvalue weighted by Crippen LogP contribution is 2.22. The van der Waals surface area contributed by atoms with Gasteiger partial charge in [-0.2, -0.15) is 0 Å². The van der Waals surface area contributed by atoms with Crippen LogP contribution in [0.3, 0.4) is 0 Å². The number of piperidine rings is 1. The Balaban J connectivity index is 2.01. The summed E-state index contributed by atoms with van der Waals surface area (Å²) in [4.78, 5) is 2.46. The number of likely N-dealkylation sites (tertiary alicyclic amines) is 1. The van der Waals surface area contributed by atoms with E-state index >= 15 is 0 Å². The molecule has 1 aromatic rings. The van der Waals surface area contributed by atoms with E-state index in [1.54, 1.807) is 0 Å². The van der Waals surface area contributed by atoms with Gasteiger partial charge in [0.2, 0.25) is 0 Å². The normalized spacial score (nSPS) is 26.4. The van der Waals surface area contributed by atoms with Gasteiger partial charge in [0, 0.05) is 18.1 Å². The number of nitrogens with one attached hydrogen (secondary N) is 1. The van der Waals surface area contributed by atoms with E-state index in [0.717, 1.165) is 0 Å². The van der Waals surface area contributed by atoms with Crippen molar-refractivity contribution in [2.45, 2.75) is 58.7 Å². The molecule has 0 aliphatic carbocycles. The van der Waals surface area contributed by atoms with Crippen LogP contribution in [-0.2, 0) is 0 Å². The molecule has 1 fully saturated rings. The van der Waals surface area contributed by atoms with Crippen LogP contribution < -0.4 is 5.32 Å². The Labute approximate surface area is 118 Å². The topological polar surface area (TPSA) is 15.3 Å². The highest BCUT2D eigenvalue weighted by Gasteiger charge is 2.24. The molecule has 1 N–H and O–H groups in total. The largest absolute Gasteiger partial charge is 0.307 e. The Morgan fingerprint density at radius 2 is 2.05 bits per heavy atom. The summed E-state index contributed by atoms with van der Waals surface area (Å²) in [5.41, 5.74) is 4.20. The zero-order valence-corrected chi connectivity index (χ0v) is 13.0. The van der Waals surface area contributed by atoms with Gasteiger partial charge in [0.05, 0.1) is 0 Å². The summed E-state index contributed by atoms with van der Waals surface area (Å²) >= 11 is 0. The van der Waals surface area contributed by atoms with Crippen LogP contribution in [0, 0.1) is 13.8 Å². The first-order valence-corrected chi connectivity index (χ1v) is 7.51. The second-order valence-corrected chi connectivity index (χ2v) is 6.30. The molecule has 0 spiro atoms. The third kappa shape index (κ3) is 3.58. The van der Waals surface area contributed by atoms with E-state index in [1.807, 2.05) is 0 Å². The number of nitrogens with zero attached hydrogens (tertiary/aromatic N) is 1. The lowest BCUT2D eigenvalue weighted by atomic mass is 9.95. The molecule has 0 aromatic heterocycles. The number of hydrogen-bond donors (Lipinski definition) is 1. The maximum atomic E-state index is 3.83. The lowest BCUT2D eigenvalue weighted by Crippen LogP contribution is -2.46. The van der Waals surface area contributed by atoms with Gasteiger partial charge < -0.3 is 10.2 Å². The third-order valence-corrected chi connectivity index (χ3v) is 4.60. The van der Waals surface area contributed by atoms with Crippen molar-refractivity contribution in [1.82, 2.24) is 10.2 Å². The van der Waals surface area contributed by atoms with Gasteiger partial charge in [-0.15, -0.1) is 0 Å². The van der Waals surface area contributed by atoms with Gasteiger partial charge in [0.25, 0.3) is 0 Å². The molecular formula is C17H28N2. The summed E-state index contributed by atoms with van der Waals surface area (Å²) in [6, 6.07) is 8.55. The Kier molecular flexibility index (Phi) is 4.64. The van der Waals surface area contributed by atoms with E-state index in [4.69, 9.17) is 0 Å². The molecule has 2 nitrogen and oxygen atoms in total. The van der Waals surface area contributed by atoms with Crippen molar-refractivity contribution in [3.8, 4) is 0 Å². The van der Waals surface area contributed by atoms with E-state index in [9.17, 15) is 0 Å². The molecule has 2 heteroatoms. The number of hydrogen-bond acceptors (Lipinski definition) is 2. The SMILES string of the molecule is Cc1ccc(C)c(C(C)NC2CCN(C)C(C)C2)c1. The molecule has 1 saturated heterocycles. The van der Waals surface area contributed by atoms with Crippen molar-refractivity contribution in [2.75, 3.05) is 13.6 Å². The fourth-order valence-electron chi connectivity index (χ4n) is 3.11. The summed E-state index contributed by atoms with van der Waals surface area (Å²) in [6.45, 7) is 10.2. The Morgan fingerprint density at radius 3 is 2.74 bits per heavy atom. The van der Waals surface area contributed by atoms with Crippen LogP contribution in [0.4, 0.5) is 0 Å². The minimum Gasteiger partial charge on any atom is -0.307 e. The minimum absolute atomic E-state index is 0.445. The minimum atomic E-state index is 0.445. The van der Waals surface area contributed by atoms with Crippen LogP contribution in [0.2, 0.25) is 0 Å². The first-order valence-electron chi connectivity index (χ1n) is 7.51. The molecule has 3 atom stereocenters. The molecule has 0 bridgehead atoms. The fraction of sp³-hybridized carbons (Fsp3) is 0.647. The lowest BCUT2D eigenvalue weighted by Gasteiger charge is -2.37. The summed E-state index contributed by atoms with van der Waals surface area (Å²) in [6.07, 6.45) is 2.52. The summed E-state index contributed by atoms with van der Waals surface area (Å²) in [5, 5.41) is 3.83. The smallest absolute Gasteiger partial charge is 0.0297 e. The van der Waals surface area contributed by atoms with Crippen molar-refractivity contribution >= 4 is 0 Å². The molecule has 1 aliphatic rings. The van der Waals surface area contributed by atoms with Gasteiger partial charge in [0.1, 0.15) is 0 Å². The first kappa shape index (κ1) is 14.5. The Bertz CT molecular complexity index is 427. The van der Waals surface area contributed by atoms with Gasteiger partial charge in [-0.1, -0.05) is 23.8 Å². The molecule has 1 aromatic carbocycles. The fourth-order valence-corrected chi connectivity index (χ4v) is 3.11. The summed E-state index contributed by atoms with van der Waals surface area (Å²) in [5.74, 6) is 0. The van der Waals surface area contributed by atoms with E-state index in [2.05, 4.69) is 63.2 Å². The van der Waals surface area contributed by atoms with Crippen LogP contribution in [0.15, 0.2) is 18.2 Å². The predicted octanol–water partition coefficient (Wildman–Crippen LogP) is 3.44. The highest BCUT2D eigenvalue weighted by atomic mass is 15.1. The second kappa shape index (κ2) is 6.06. The van der Waals surface area contributed by atoms with Gasteiger partial charge in [-0.3, -0.25) is 0 Å². The summed E-state index contributed by atoms with van der Waals surface area (Å²) in [7, 11) is 2.23. The van der Waals surface area contributed by atoms with Crippen molar-refractivity contribution < 1.29 is 0 Å². The monoisotopic (exact) mass is 260 g/mol. The second-order valence-electron chi connectivity index (χ2n) is 6.30. The molecule has 106 valence electrons. The molecule has 1 aliphatic heterocycles. The van der Waals surface area contributed by atoms with Crippen molar-refractivity contribution in [1.29, 1.82) is 0 Å². The Morgan fingerprint density at radius 1 is 1.32 bits per heavy atom. The molecule has 0 amide bonds. The van der Waals surface area contributed by atoms with E-state index < -0.39 is 0 Å². The molecule has 0 saturated carbocycles. The zero-order chi connectivity index (χ0) is 14.0. The quantitative estimate of drug-likeness (QED) is 0.895. The van der Waals surface area contributed by atoms with Gasteiger partial charge in [0.15, 0.2) is 0 Å². The lowest BCUT2D eigenvalue weighted by molar-refractivity contribution is 0.163. The van der Waals surface area contributed by atoms with Crippen LogP contribution in [0.1, 0.15) is 49.4 Å². The van der Waals surface area contributed by atoms with Crippen LogP contribution in [0.25, 0.3) is 0 Å². The standard InChI is InChI=1S/C17H28N2/c1-12-6-7-13(2)17(10-12)15(4)18-16-8-9-19(5)14(3)11-16/h6-7,10,14-16,18H,8-9,11H2,1-5H3. The molecular weight excluding hydrogens is 232 g/mol. The first-order chi connectivity index (χ1) is 8.97. The molecule has 19 heavy (non-hydrogen) atoms. The van der Waals surface area contributed by atoms with E-state index in [-0.39, 0.29) is 0 Å². The molecule has 0 radical (unpaired) electrons. The van der Waals surface area contributed by atoms with Gasteiger partial charge >= 0.3 is 0 Å². The van der Waals surface area contributed by atoms with E-state index in [1.165, 1.54) is 36.1 Å². The van der Waals surface area contributed by atoms with Gasteiger partial charge in [-0.05, 0) is 65.3 Å². The van der Waals surface area contributed by atoms with Crippen molar-refractivity contribution in [3.05, 3.63) is 34.9 Å². The third-order valence-electron chi connectivity index (χ3n) is 4.60. The number of benzene rings is 1. The zero-order valence-electron chi connectivity index (χ0n) is 13.0. The van der Waals surface area contributed by atoms with Crippen LogP contribution in [0.5, 0.6) is 0 Å². The predicted molar refractivity (Wildman–Crippen MR) is 82.6 cm³/mol. The number of aryl methyl sites for hydroxylation is 2. The maximum absolute atomic E-state index is 3.83. The van der Waals surface area contributed by atoms with Crippen LogP contribution in [-0.4, -0.2) is 30.6 Å².